The third-order valence-electron chi connectivity index (χ3n) is 3.38. The Morgan fingerprint density at radius 3 is 2.57 bits per heavy atom. The Hall–Kier alpha value is -1.96. The zero-order valence-corrected chi connectivity index (χ0v) is 13.6. The molecule has 1 aliphatic rings. The number of hydrogen-bond donors (Lipinski definition) is 1. The third kappa shape index (κ3) is 4.28. The Labute approximate surface area is 135 Å². The molecule has 23 heavy (non-hydrogen) atoms. The Balaban J connectivity index is 2.03. The van der Waals surface area contributed by atoms with Crippen molar-refractivity contribution in [1.29, 1.82) is 0 Å². The van der Waals surface area contributed by atoms with E-state index >= 15 is 0 Å². The quantitative estimate of drug-likeness (QED) is 0.519. The molecule has 7 nitrogen and oxygen atoms in total. The average Bonchev–Trinajstić information content (AvgIpc) is 2.87. The van der Waals surface area contributed by atoms with Gasteiger partial charge in [-0.25, -0.2) is 9.44 Å². The van der Waals surface area contributed by atoms with Gasteiger partial charge in [0.15, 0.2) is 0 Å². The molecule has 1 amide bonds. The SMILES string of the molecule is CC(C)(C)OC(=O)C1CNC[N+]1([O-])C(=O)OCc1ccccc1. The van der Waals surface area contributed by atoms with E-state index in [0.717, 1.165) is 5.56 Å². The van der Waals surface area contributed by atoms with Crippen molar-refractivity contribution < 1.29 is 23.7 Å². The first-order valence-electron chi connectivity index (χ1n) is 7.46. The van der Waals surface area contributed by atoms with Crippen molar-refractivity contribution >= 4 is 12.1 Å². The van der Waals surface area contributed by atoms with Crippen molar-refractivity contribution in [3.63, 3.8) is 0 Å². The topological polar surface area (TPSA) is 87.7 Å². The van der Waals surface area contributed by atoms with Gasteiger partial charge in [-0.1, -0.05) is 30.3 Å². The van der Waals surface area contributed by atoms with Crippen molar-refractivity contribution in [3.8, 4) is 0 Å². The van der Waals surface area contributed by atoms with Gasteiger partial charge in [-0.15, -0.1) is 0 Å². The van der Waals surface area contributed by atoms with E-state index in [0.29, 0.717) is 0 Å². The van der Waals surface area contributed by atoms with Crippen molar-refractivity contribution in [2.45, 2.75) is 39.0 Å². The highest BCUT2D eigenvalue weighted by molar-refractivity contribution is 5.78. The minimum absolute atomic E-state index is 0.0110. The van der Waals surface area contributed by atoms with Gasteiger partial charge in [-0.2, -0.15) is 4.79 Å². The second kappa shape index (κ2) is 6.66. The fourth-order valence-corrected chi connectivity index (χ4v) is 2.27. The largest absolute Gasteiger partial charge is 0.621 e. The summed E-state index contributed by atoms with van der Waals surface area (Å²) in [7, 11) is 0. The van der Waals surface area contributed by atoms with Crippen LogP contribution in [0.2, 0.25) is 0 Å². The molecule has 126 valence electrons. The number of nitrogens with zero attached hydrogens (tertiary/aromatic N) is 1. The summed E-state index contributed by atoms with van der Waals surface area (Å²) in [6, 6.07) is 7.89. The van der Waals surface area contributed by atoms with Gasteiger partial charge in [-0.3, -0.25) is 5.32 Å². The molecule has 2 rings (SSSR count). The van der Waals surface area contributed by atoms with Crippen molar-refractivity contribution in [2.24, 2.45) is 0 Å². The summed E-state index contributed by atoms with van der Waals surface area (Å²) >= 11 is 0. The van der Waals surface area contributed by atoms with E-state index in [9.17, 15) is 14.8 Å². The average molecular weight is 322 g/mol. The lowest BCUT2D eigenvalue weighted by atomic mass is 10.2. The van der Waals surface area contributed by atoms with Crippen LogP contribution in [-0.4, -0.2) is 41.6 Å². The molecule has 0 radical (unpaired) electrons. The van der Waals surface area contributed by atoms with E-state index in [4.69, 9.17) is 9.47 Å². The first kappa shape index (κ1) is 17.4. The lowest BCUT2D eigenvalue weighted by Crippen LogP contribution is -2.56. The zero-order valence-electron chi connectivity index (χ0n) is 13.6. The first-order valence-corrected chi connectivity index (χ1v) is 7.46. The summed E-state index contributed by atoms with van der Waals surface area (Å²) in [4.78, 5) is 24.4. The lowest BCUT2D eigenvalue weighted by Gasteiger charge is -2.37. The minimum atomic E-state index is -1.40. The van der Waals surface area contributed by atoms with E-state index < -0.39 is 28.4 Å². The smallest absolute Gasteiger partial charge is 0.518 e. The molecule has 1 heterocycles. The number of quaternary nitrogens is 1. The molecule has 0 aromatic heterocycles. The highest BCUT2D eigenvalue weighted by atomic mass is 16.7. The number of carbonyl (C=O) groups excluding carboxylic acids is 2. The predicted molar refractivity (Wildman–Crippen MR) is 82.8 cm³/mol. The molecular weight excluding hydrogens is 300 g/mol. The summed E-state index contributed by atoms with van der Waals surface area (Å²) < 4.78 is 8.93. The van der Waals surface area contributed by atoms with E-state index in [-0.39, 0.29) is 19.8 Å². The summed E-state index contributed by atoms with van der Waals surface area (Å²) in [6.45, 7) is 4.99. The second-order valence-corrected chi connectivity index (χ2v) is 6.50. The molecule has 0 saturated carbocycles. The van der Waals surface area contributed by atoms with Gasteiger partial charge in [0.25, 0.3) is 0 Å². The molecule has 1 aromatic rings. The Kier molecular flexibility index (Phi) is 5.03. The molecule has 0 bridgehead atoms. The van der Waals surface area contributed by atoms with Crippen LogP contribution in [0.3, 0.4) is 0 Å². The van der Waals surface area contributed by atoms with E-state index in [1.807, 2.05) is 18.2 Å². The summed E-state index contributed by atoms with van der Waals surface area (Å²) in [6.07, 6.45) is -0.991. The van der Waals surface area contributed by atoms with Crippen molar-refractivity contribution in [3.05, 3.63) is 41.1 Å². The first-order chi connectivity index (χ1) is 10.7. The molecule has 2 unspecified atom stereocenters. The predicted octanol–water partition coefficient (Wildman–Crippen LogP) is 1.91. The monoisotopic (exact) mass is 322 g/mol. The maximum Gasteiger partial charge on any atom is 0.518 e. The van der Waals surface area contributed by atoms with Gasteiger partial charge >= 0.3 is 12.1 Å². The fourth-order valence-electron chi connectivity index (χ4n) is 2.27. The van der Waals surface area contributed by atoms with Crippen molar-refractivity contribution in [2.75, 3.05) is 13.2 Å². The molecule has 1 N–H and O–H groups in total. The number of ether oxygens (including phenoxy) is 2. The fraction of sp³-hybridized carbons (Fsp3) is 0.500. The molecule has 2 atom stereocenters. The Morgan fingerprint density at radius 2 is 1.96 bits per heavy atom. The number of nitrogens with one attached hydrogen (secondary N) is 1. The number of carbonyl (C=O) groups is 2. The van der Waals surface area contributed by atoms with Crippen LogP contribution in [0, 0.1) is 5.21 Å². The Morgan fingerprint density at radius 1 is 1.30 bits per heavy atom. The molecular formula is C16H22N2O5. The van der Waals surface area contributed by atoms with Crippen LogP contribution in [0.5, 0.6) is 0 Å². The van der Waals surface area contributed by atoms with Crippen molar-refractivity contribution in [1.82, 2.24) is 5.32 Å². The summed E-state index contributed by atoms with van der Waals surface area (Å²) in [5.41, 5.74) is 0.0479. The van der Waals surface area contributed by atoms with Gasteiger partial charge in [0.1, 0.15) is 18.9 Å². The van der Waals surface area contributed by atoms with E-state index in [1.54, 1.807) is 32.9 Å². The van der Waals surface area contributed by atoms with E-state index in [1.165, 1.54) is 0 Å². The number of benzene rings is 1. The maximum atomic E-state index is 12.8. The van der Waals surface area contributed by atoms with Gasteiger partial charge in [0, 0.05) is 0 Å². The van der Waals surface area contributed by atoms with Crippen LogP contribution in [0.15, 0.2) is 30.3 Å². The highest BCUT2D eigenvalue weighted by Gasteiger charge is 2.49. The van der Waals surface area contributed by atoms with Crippen LogP contribution < -0.4 is 5.32 Å². The molecule has 1 aromatic carbocycles. The summed E-state index contributed by atoms with van der Waals surface area (Å²) in [5.74, 6) is -0.700. The van der Waals surface area contributed by atoms with Gasteiger partial charge in [0.05, 0.1) is 6.54 Å². The Bertz CT molecular complexity index is 570. The van der Waals surface area contributed by atoms with Crippen LogP contribution >= 0.6 is 0 Å². The maximum absolute atomic E-state index is 12.8. The number of amides is 1. The molecule has 0 spiro atoms. The minimum Gasteiger partial charge on any atom is -0.621 e. The number of hydroxylamine groups is 3. The number of esters is 1. The zero-order chi connectivity index (χ0) is 17.1. The van der Waals surface area contributed by atoms with Crippen LogP contribution in [-0.2, 0) is 20.9 Å². The van der Waals surface area contributed by atoms with E-state index in [2.05, 4.69) is 5.32 Å². The van der Waals surface area contributed by atoms with Gasteiger partial charge in [0.2, 0.25) is 6.04 Å². The molecule has 1 fully saturated rings. The number of hydrogen-bond acceptors (Lipinski definition) is 6. The van der Waals surface area contributed by atoms with Crippen LogP contribution in [0.25, 0.3) is 0 Å². The standard InChI is InChI=1S/C16H22N2O5/c1-16(2,3)23-14(19)13-9-17-11-18(13,21)15(20)22-10-12-7-5-4-6-8-12/h4-8,13,17H,9-11H2,1-3H3. The third-order valence-corrected chi connectivity index (χ3v) is 3.38. The summed E-state index contributed by atoms with van der Waals surface area (Å²) in [5, 5.41) is 15.5. The molecule has 7 heteroatoms. The van der Waals surface area contributed by atoms with Gasteiger partial charge < -0.3 is 14.7 Å². The van der Waals surface area contributed by atoms with Crippen LogP contribution in [0.1, 0.15) is 26.3 Å². The lowest BCUT2D eigenvalue weighted by molar-refractivity contribution is -0.812. The normalized spacial score (nSPS) is 24.3. The number of rotatable bonds is 3. The van der Waals surface area contributed by atoms with Crippen LogP contribution in [0.4, 0.5) is 4.79 Å². The molecule has 1 aliphatic heterocycles. The van der Waals surface area contributed by atoms with Gasteiger partial charge in [-0.05, 0) is 26.3 Å². The second-order valence-electron chi connectivity index (χ2n) is 6.50. The molecule has 0 aliphatic carbocycles. The molecule has 1 saturated heterocycles. The highest BCUT2D eigenvalue weighted by Crippen LogP contribution is 2.22.